The minimum absolute atomic E-state index is 0.227. The van der Waals surface area contributed by atoms with Crippen LogP contribution < -0.4 is 0 Å². The summed E-state index contributed by atoms with van der Waals surface area (Å²) in [6, 6.07) is 48.8. The Morgan fingerprint density at radius 3 is 2.14 bits per heavy atom. The first-order chi connectivity index (χ1) is 24.1. The number of allylic oxidation sites excluding steroid dienone is 1. The third-order valence-electron chi connectivity index (χ3n) is 10.9. The number of rotatable bonds is 4. The van der Waals surface area contributed by atoms with Crippen LogP contribution in [-0.4, -0.2) is 5.71 Å². The summed E-state index contributed by atoms with van der Waals surface area (Å²) in [6.45, 7) is 6.84. The second-order valence-electron chi connectivity index (χ2n) is 13.8. The van der Waals surface area contributed by atoms with Gasteiger partial charge in [0, 0.05) is 27.8 Å². The predicted molar refractivity (Wildman–Crippen MR) is 209 cm³/mol. The van der Waals surface area contributed by atoms with Crippen molar-refractivity contribution in [3.63, 3.8) is 0 Å². The maximum absolute atomic E-state index is 6.45. The van der Waals surface area contributed by atoms with E-state index in [9.17, 15) is 0 Å². The van der Waals surface area contributed by atoms with Gasteiger partial charge in [0.1, 0.15) is 11.2 Å². The number of benzene rings is 7. The van der Waals surface area contributed by atoms with Crippen molar-refractivity contribution < 1.29 is 4.42 Å². The van der Waals surface area contributed by atoms with Crippen LogP contribution in [0, 0.1) is 12.8 Å². The van der Waals surface area contributed by atoms with E-state index in [0.29, 0.717) is 5.92 Å². The molecule has 9 rings (SSSR count). The first kappa shape index (κ1) is 29.7. The Labute approximate surface area is 287 Å². The molecule has 2 atom stereocenters. The molecule has 2 heteroatoms. The van der Waals surface area contributed by atoms with Gasteiger partial charge in [-0.15, -0.1) is 0 Å². The third-order valence-corrected chi connectivity index (χ3v) is 10.9. The molecule has 2 nitrogen and oxygen atoms in total. The van der Waals surface area contributed by atoms with E-state index < -0.39 is 0 Å². The molecule has 2 heterocycles. The molecule has 8 aromatic rings. The number of nitrogens with zero attached hydrogens (tertiary/aromatic N) is 1. The number of furan rings is 1. The standard InChI is InChI=1S/C47H39NO/c1-4-36-38(34-23-22-31-13-5-6-14-32(31)26-34)24-21-29(2)46(35-25-30(3)45-41-19-11-12-20-43(41)49-44(45)28-35)48-47(36)42-27-33-15-7-8-16-37(33)39-17-9-10-18-40(39)42/h5-20,22-23,25-28,36,38H,4,21,24H2,1-3H3/b46-29+,48-47+. The van der Waals surface area contributed by atoms with Crippen LogP contribution in [0.25, 0.3) is 60.0 Å². The zero-order valence-electron chi connectivity index (χ0n) is 28.3. The van der Waals surface area contributed by atoms with Crippen molar-refractivity contribution in [1.29, 1.82) is 0 Å². The molecular weight excluding hydrogens is 595 g/mol. The topological polar surface area (TPSA) is 25.5 Å². The molecule has 0 bridgehead atoms. The normalized spacial score (nSPS) is 19.8. The van der Waals surface area contributed by atoms with Crippen molar-refractivity contribution >= 4 is 65.7 Å². The minimum Gasteiger partial charge on any atom is -0.456 e. The number of aliphatic imine (C=N–C) groups is 1. The average molecular weight is 634 g/mol. The molecule has 238 valence electrons. The fourth-order valence-corrected chi connectivity index (χ4v) is 8.53. The maximum Gasteiger partial charge on any atom is 0.136 e. The number of hydrogen-bond donors (Lipinski definition) is 0. The highest BCUT2D eigenvalue weighted by Crippen LogP contribution is 2.43. The SMILES string of the molecule is CCC1/C(c2cc3ccccc3c3ccccc23)=N\C(c2cc(C)c3c(c2)oc2ccccc23)=C(/C)CCC1c1ccc2ccccc2c1. The highest BCUT2D eigenvalue weighted by atomic mass is 16.3. The van der Waals surface area contributed by atoms with E-state index in [0.717, 1.165) is 41.7 Å². The van der Waals surface area contributed by atoms with E-state index >= 15 is 0 Å². The lowest BCUT2D eigenvalue weighted by atomic mass is 9.74. The Kier molecular flexibility index (Phi) is 7.20. The van der Waals surface area contributed by atoms with Gasteiger partial charge in [-0.1, -0.05) is 116 Å². The molecule has 2 unspecified atom stereocenters. The molecule has 0 spiro atoms. The smallest absolute Gasteiger partial charge is 0.136 e. The molecule has 0 N–H and O–H groups in total. The van der Waals surface area contributed by atoms with Crippen molar-refractivity contribution in [2.75, 3.05) is 0 Å². The van der Waals surface area contributed by atoms with Crippen LogP contribution in [0.4, 0.5) is 0 Å². The molecule has 0 radical (unpaired) electrons. The summed E-state index contributed by atoms with van der Waals surface area (Å²) in [7, 11) is 0. The third kappa shape index (κ3) is 4.97. The zero-order chi connectivity index (χ0) is 33.1. The average Bonchev–Trinajstić information content (AvgIpc) is 3.52. The summed E-state index contributed by atoms with van der Waals surface area (Å²) < 4.78 is 6.45. The van der Waals surface area contributed by atoms with Crippen LogP contribution in [0.1, 0.15) is 61.3 Å². The van der Waals surface area contributed by atoms with Gasteiger partial charge in [-0.25, -0.2) is 0 Å². The highest BCUT2D eigenvalue weighted by Gasteiger charge is 2.31. The molecule has 49 heavy (non-hydrogen) atoms. The largest absolute Gasteiger partial charge is 0.456 e. The maximum atomic E-state index is 6.45. The van der Waals surface area contributed by atoms with Gasteiger partial charge in [0.2, 0.25) is 0 Å². The fourth-order valence-electron chi connectivity index (χ4n) is 8.53. The lowest BCUT2D eigenvalue weighted by molar-refractivity contribution is 0.486. The zero-order valence-corrected chi connectivity index (χ0v) is 28.3. The Hall–Kier alpha value is -5.47. The Balaban J connectivity index is 1.31. The molecule has 1 aliphatic rings. The Bertz CT molecular complexity index is 2630. The van der Waals surface area contributed by atoms with Gasteiger partial charge < -0.3 is 4.42 Å². The second kappa shape index (κ2) is 11.9. The molecule has 0 amide bonds. The van der Waals surface area contributed by atoms with Crippen LogP contribution in [0.15, 0.2) is 148 Å². The first-order valence-corrected chi connectivity index (χ1v) is 17.7. The van der Waals surface area contributed by atoms with Gasteiger partial charge in [0.05, 0.1) is 11.4 Å². The number of fused-ring (bicyclic) bond motifs is 7. The van der Waals surface area contributed by atoms with E-state index in [1.165, 1.54) is 71.1 Å². The lowest BCUT2D eigenvalue weighted by Gasteiger charge is -2.32. The molecule has 7 aromatic carbocycles. The molecule has 0 saturated heterocycles. The molecule has 0 fully saturated rings. The Morgan fingerprint density at radius 1 is 0.633 bits per heavy atom. The van der Waals surface area contributed by atoms with E-state index in [1.54, 1.807) is 0 Å². The van der Waals surface area contributed by atoms with Gasteiger partial charge in [0.15, 0.2) is 0 Å². The number of para-hydroxylation sites is 1. The monoisotopic (exact) mass is 633 g/mol. The second-order valence-corrected chi connectivity index (χ2v) is 13.8. The number of hydrogen-bond acceptors (Lipinski definition) is 2. The van der Waals surface area contributed by atoms with Crippen LogP contribution in [0.2, 0.25) is 0 Å². The highest BCUT2D eigenvalue weighted by molar-refractivity contribution is 6.20. The quantitative estimate of drug-likeness (QED) is 0.177. The summed E-state index contributed by atoms with van der Waals surface area (Å²) in [5.41, 5.74) is 10.4. The predicted octanol–water partition coefficient (Wildman–Crippen LogP) is 13.2. The van der Waals surface area contributed by atoms with Crippen LogP contribution in [-0.2, 0) is 0 Å². The van der Waals surface area contributed by atoms with E-state index in [4.69, 9.17) is 9.41 Å². The van der Waals surface area contributed by atoms with Gasteiger partial charge in [0.25, 0.3) is 0 Å². The first-order valence-electron chi connectivity index (χ1n) is 17.7. The lowest BCUT2D eigenvalue weighted by Crippen LogP contribution is -2.25. The molecule has 1 aromatic heterocycles. The van der Waals surface area contributed by atoms with Crippen molar-refractivity contribution in [1.82, 2.24) is 0 Å². The molecule has 0 saturated carbocycles. The summed E-state index contributed by atoms with van der Waals surface area (Å²) in [6.07, 6.45) is 3.03. The van der Waals surface area contributed by atoms with Gasteiger partial charge >= 0.3 is 0 Å². The van der Waals surface area contributed by atoms with Gasteiger partial charge in [-0.2, -0.15) is 0 Å². The minimum atomic E-state index is 0.227. The van der Waals surface area contributed by atoms with Gasteiger partial charge in [-0.3, -0.25) is 4.99 Å². The van der Waals surface area contributed by atoms with Crippen molar-refractivity contribution in [3.05, 3.63) is 161 Å². The Morgan fingerprint density at radius 2 is 1.33 bits per heavy atom. The summed E-state index contributed by atoms with van der Waals surface area (Å²) >= 11 is 0. The van der Waals surface area contributed by atoms with Crippen LogP contribution >= 0.6 is 0 Å². The molecular formula is C47H39NO. The number of aryl methyl sites for hydroxylation is 1. The van der Waals surface area contributed by atoms with E-state index in [2.05, 4.69) is 148 Å². The van der Waals surface area contributed by atoms with E-state index in [1.807, 2.05) is 6.07 Å². The summed E-state index contributed by atoms with van der Waals surface area (Å²) in [5.74, 6) is 0.555. The van der Waals surface area contributed by atoms with Crippen molar-refractivity contribution in [3.8, 4) is 0 Å². The van der Waals surface area contributed by atoms with Crippen molar-refractivity contribution in [2.45, 2.75) is 46.0 Å². The van der Waals surface area contributed by atoms with E-state index in [-0.39, 0.29) is 5.92 Å². The van der Waals surface area contributed by atoms with Crippen LogP contribution in [0.5, 0.6) is 0 Å². The molecule has 0 aliphatic carbocycles. The molecule has 1 aliphatic heterocycles. The fraction of sp³-hybridized carbons (Fsp3) is 0.170. The summed E-state index contributed by atoms with van der Waals surface area (Å²) in [5, 5.41) is 10.0. The van der Waals surface area contributed by atoms with Crippen molar-refractivity contribution in [2.24, 2.45) is 10.9 Å². The van der Waals surface area contributed by atoms with Crippen LogP contribution in [0.3, 0.4) is 0 Å². The van der Waals surface area contributed by atoms with Gasteiger partial charge in [-0.05, 0) is 112 Å². The summed E-state index contributed by atoms with van der Waals surface area (Å²) in [4.78, 5) is 5.86.